The van der Waals surface area contributed by atoms with Crippen LogP contribution in [0.2, 0.25) is 5.02 Å². The van der Waals surface area contributed by atoms with Crippen LogP contribution in [0.4, 0.5) is 15.9 Å². The maximum Gasteiger partial charge on any atom is 0.181 e. The number of aromatic nitrogens is 4. The van der Waals surface area contributed by atoms with Crippen molar-refractivity contribution >= 4 is 33.9 Å². The Bertz CT molecular complexity index is 1550. The van der Waals surface area contributed by atoms with Crippen LogP contribution in [0.5, 0.6) is 0 Å². The number of fused-ring (bicyclic) bond motifs is 1. The zero-order valence-electron chi connectivity index (χ0n) is 19.3. The first-order valence-electron chi connectivity index (χ1n) is 11.3. The predicted molar refractivity (Wildman–Crippen MR) is 139 cm³/mol. The second kappa shape index (κ2) is 9.00. The SMILES string of the molecule is CCc1cc(C(c2cc3cc(N)ccc3c(N)n2)c2nc(-c3ccccc3)nn2C)c(F)cc1Cl. The molecule has 8 heteroatoms. The molecule has 0 bridgehead atoms. The number of nitrogens with zero attached hydrogens (tertiary/aromatic N) is 4. The van der Waals surface area contributed by atoms with Crippen molar-refractivity contribution in [3.05, 3.63) is 100 Å². The fraction of sp³-hybridized carbons (Fsp3) is 0.148. The molecule has 0 radical (unpaired) electrons. The van der Waals surface area contributed by atoms with Gasteiger partial charge in [-0.1, -0.05) is 54.9 Å². The van der Waals surface area contributed by atoms with Gasteiger partial charge in [0.1, 0.15) is 17.5 Å². The highest BCUT2D eigenvalue weighted by molar-refractivity contribution is 6.31. The summed E-state index contributed by atoms with van der Waals surface area (Å²) < 4.78 is 17.2. The van der Waals surface area contributed by atoms with E-state index >= 15 is 4.39 Å². The van der Waals surface area contributed by atoms with E-state index in [2.05, 4.69) is 10.1 Å². The normalized spacial score (nSPS) is 12.2. The van der Waals surface area contributed by atoms with Gasteiger partial charge in [-0.15, -0.1) is 0 Å². The van der Waals surface area contributed by atoms with E-state index in [-0.39, 0.29) is 0 Å². The summed E-state index contributed by atoms with van der Waals surface area (Å²) in [7, 11) is 1.79. The number of halogens is 2. The topological polar surface area (TPSA) is 95.6 Å². The third-order valence-corrected chi connectivity index (χ3v) is 6.50. The highest BCUT2D eigenvalue weighted by atomic mass is 35.5. The molecule has 0 spiro atoms. The van der Waals surface area contributed by atoms with E-state index in [0.29, 0.717) is 45.9 Å². The summed E-state index contributed by atoms with van der Waals surface area (Å²) in [4.78, 5) is 9.51. The van der Waals surface area contributed by atoms with Gasteiger partial charge in [0.15, 0.2) is 5.82 Å². The number of hydrogen-bond acceptors (Lipinski definition) is 5. The standard InChI is InChI=1S/C27H24ClFN6/c1-3-15-12-20(22(29)14-21(15)28)24(23-13-17-11-18(30)9-10-19(17)25(31)32-23)27-33-26(34-35(27)2)16-7-5-4-6-8-16/h4-14,24H,3,30H2,1-2H3,(H2,31,32). The molecule has 5 rings (SSSR count). The van der Waals surface area contributed by atoms with Gasteiger partial charge in [0.05, 0.1) is 11.6 Å². The summed E-state index contributed by atoms with van der Waals surface area (Å²) in [5, 5.41) is 6.59. The lowest BCUT2D eigenvalue weighted by Gasteiger charge is -2.20. The molecule has 35 heavy (non-hydrogen) atoms. The van der Waals surface area contributed by atoms with Crippen molar-refractivity contribution in [3.8, 4) is 11.4 Å². The average molecular weight is 487 g/mol. The molecule has 0 amide bonds. The second-order valence-electron chi connectivity index (χ2n) is 8.45. The molecule has 2 heterocycles. The van der Waals surface area contributed by atoms with Crippen molar-refractivity contribution in [2.45, 2.75) is 19.3 Å². The minimum absolute atomic E-state index is 0.332. The molecule has 1 unspecified atom stereocenters. The van der Waals surface area contributed by atoms with Crippen LogP contribution in [0.1, 0.15) is 35.5 Å². The van der Waals surface area contributed by atoms with Gasteiger partial charge < -0.3 is 11.5 Å². The molecule has 0 fully saturated rings. The van der Waals surface area contributed by atoms with Gasteiger partial charge in [-0.3, -0.25) is 4.68 Å². The molecule has 0 saturated heterocycles. The van der Waals surface area contributed by atoms with Crippen LogP contribution in [0.15, 0.2) is 66.7 Å². The maximum atomic E-state index is 15.5. The number of nitrogen functional groups attached to an aromatic ring is 2. The molecule has 0 saturated carbocycles. The summed E-state index contributed by atoms with van der Waals surface area (Å²) >= 11 is 6.31. The summed E-state index contributed by atoms with van der Waals surface area (Å²) in [5.41, 5.74) is 15.6. The zero-order valence-corrected chi connectivity index (χ0v) is 20.1. The zero-order chi connectivity index (χ0) is 24.7. The van der Waals surface area contributed by atoms with Gasteiger partial charge in [-0.2, -0.15) is 5.10 Å². The van der Waals surface area contributed by atoms with Crippen molar-refractivity contribution in [1.82, 2.24) is 19.7 Å². The Morgan fingerprint density at radius 2 is 1.77 bits per heavy atom. The van der Waals surface area contributed by atoms with Crippen LogP contribution in [-0.2, 0) is 13.5 Å². The van der Waals surface area contributed by atoms with Crippen LogP contribution in [0.25, 0.3) is 22.2 Å². The number of hydrogen-bond donors (Lipinski definition) is 2. The van der Waals surface area contributed by atoms with Gasteiger partial charge in [0.2, 0.25) is 0 Å². The van der Waals surface area contributed by atoms with Crippen LogP contribution >= 0.6 is 11.6 Å². The fourth-order valence-electron chi connectivity index (χ4n) is 4.37. The summed E-state index contributed by atoms with van der Waals surface area (Å²) in [6, 6.07) is 20.1. The molecule has 6 nitrogen and oxygen atoms in total. The van der Waals surface area contributed by atoms with E-state index in [4.69, 9.17) is 28.1 Å². The molecule has 0 aliphatic heterocycles. The van der Waals surface area contributed by atoms with E-state index in [1.165, 1.54) is 6.07 Å². The Balaban J connectivity index is 1.78. The van der Waals surface area contributed by atoms with E-state index in [9.17, 15) is 0 Å². The number of rotatable bonds is 5. The Morgan fingerprint density at radius 1 is 1.00 bits per heavy atom. The average Bonchev–Trinajstić information content (AvgIpc) is 3.22. The molecule has 1 atom stereocenters. The van der Waals surface area contributed by atoms with E-state index < -0.39 is 11.7 Å². The lowest BCUT2D eigenvalue weighted by atomic mass is 9.90. The second-order valence-corrected chi connectivity index (χ2v) is 8.86. The first-order chi connectivity index (χ1) is 16.9. The van der Waals surface area contributed by atoms with E-state index in [0.717, 1.165) is 21.9 Å². The molecule has 4 N–H and O–H groups in total. The summed E-state index contributed by atoms with van der Waals surface area (Å²) in [6.07, 6.45) is 0.650. The Morgan fingerprint density at radius 3 is 2.51 bits per heavy atom. The number of nitrogens with two attached hydrogens (primary N) is 2. The monoisotopic (exact) mass is 486 g/mol. The number of benzene rings is 3. The van der Waals surface area contributed by atoms with E-state index in [1.807, 2.05) is 55.5 Å². The molecule has 5 aromatic rings. The first kappa shape index (κ1) is 22.8. The van der Waals surface area contributed by atoms with Crippen molar-refractivity contribution in [1.29, 1.82) is 0 Å². The molecular weight excluding hydrogens is 463 g/mol. The van der Waals surface area contributed by atoms with Gasteiger partial charge >= 0.3 is 0 Å². The first-order valence-corrected chi connectivity index (χ1v) is 11.6. The van der Waals surface area contributed by atoms with Crippen LogP contribution in [0.3, 0.4) is 0 Å². The largest absolute Gasteiger partial charge is 0.399 e. The van der Waals surface area contributed by atoms with Crippen molar-refractivity contribution in [2.75, 3.05) is 11.5 Å². The smallest absolute Gasteiger partial charge is 0.181 e. The third-order valence-electron chi connectivity index (χ3n) is 6.14. The third kappa shape index (κ3) is 4.19. The van der Waals surface area contributed by atoms with Crippen molar-refractivity contribution in [2.24, 2.45) is 7.05 Å². The molecule has 2 aromatic heterocycles. The highest BCUT2D eigenvalue weighted by Gasteiger charge is 2.29. The van der Waals surface area contributed by atoms with Gasteiger partial charge in [-0.25, -0.2) is 14.4 Å². The van der Waals surface area contributed by atoms with Crippen LogP contribution in [-0.4, -0.2) is 19.7 Å². The minimum atomic E-state index is -0.680. The quantitative estimate of drug-likeness (QED) is 0.309. The maximum absolute atomic E-state index is 15.5. The molecule has 176 valence electrons. The fourth-order valence-corrected chi connectivity index (χ4v) is 4.65. The lowest BCUT2D eigenvalue weighted by molar-refractivity contribution is 0.591. The minimum Gasteiger partial charge on any atom is -0.399 e. The Labute approximate surface area is 207 Å². The molecule has 0 aliphatic rings. The van der Waals surface area contributed by atoms with Gasteiger partial charge in [0, 0.05) is 34.3 Å². The highest BCUT2D eigenvalue weighted by Crippen LogP contribution is 2.37. The Kier molecular flexibility index (Phi) is 5.86. The van der Waals surface area contributed by atoms with E-state index in [1.54, 1.807) is 23.9 Å². The summed E-state index contributed by atoms with van der Waals surface area (Å²) in [6.45, 7) is 1.97. The van der Waals surface area contributed by atoms with Crippen molar-refractivity contribution in [3.63, 3.8) is 0 Å². The van der Waals surface area contributed by atoms with Gasteiger partial charge in [-0.05, 0) is 47.7 Å². The van der Waals surface area contributed by atoms with Crippen LogP contribution < -0.4 is 11.5 Å². The predicted octanol–water partition coefficient (Wildman–Crippen LogP) is 5.73. The number of aryl methyl sites for hydroxylation is 2. The van der Waals surface area contributed by atoms with Gasteiger partial charge in [0.25, 0.3) is 0 Å². The molecule has 3 aromatic carbocycles. The molecule has 0 aliphatic carbocycles. The molecular formula is C27H24ClFN6. The lowest BCUT2D eigenvalue weighted by Crippen LogP contribution is -2.15. The van der Waals surface area contributed by atoms with Crippen molar-refractivity contribution < 1.29 is 4.39 Å². The van der Waals surface area contributed by atoms with Crippen LogP contribution in [0, 0.1) is 5.82 Å². The number of anilines is 2. The summed E-state index contributed by atoms with van der Waals surface area (Å²) in [5.74, 6) is 0.270. The number of pyridine rings is 1. The Hall–Kier alpha value is -3.97.